The summed E-state index contributed by atoms with van der Waals surface area (Å²) in [7, 11) is 1.71. The summed E-state index contributed by atoms with van der Waals surface area (Å²) < 4.78 is 6.71. The summed E-state index contributed by atoms with van der Waals surface area (Å²) in [5, 5.41) is 0. The molecule has 0 saturated carbocycles. The minimum atomic E-state index is -0.0832. The summed E-state index contributed by atoms with van der Waals surface area (Å²) in [5.74, 6) is 5.73. The van der Waals surface area contributed by atoms with Gasteiger partial charge < -0.3 is 4.74 Å². The molecule has 0 radical (unpaired) electrons. The highest BCUT2D eigenvalue weighted by atomic mass is 79.9. The predicted molar refractivity (Wildman–Crippen MR) is 85.1 cm³/mol. The zero-order chi connectivity index (χ0) is 14.4. The van der Waals surface area contributed by atoms with Gasteiger partial charge in [0.2, 0.25) is 0 Å². The molecule has 0 aliphatic heterocycles. The Bertz CT molecular complexity index is 533. The SMILES string of the molecule is COC(c1ccccc1)C(Cc1cccc(Br)c1)NN. The van der Waals surface area contributed by atoms with Gasteiger partial charge in [-0.2, -0.15) is 0 Å². The molecule has 0 saturated heterocycles. The van der Waals surface area contributed by atoms with Crippen molar-refractivity contribution < 1.29 is 4.74 Å². The topological polar surface area (TPSA) is 47.3 Å². The Labute approximate surface area is 128 Å². The number of nitrogens with two attached hydrogens (primary N) is 1. The molecule has 0 aliphatic carbocycles. The summed E-state index contributed by atoms with van der Waals surface area (Å²) in [6, 6.07) is 18.4. The molecule has 20 heavy (non-hydrogen) atoms. The van der Waals surface area contributed by atoms with Crippen LogP contribution in [0, 0.1) is 0 Å². The van der Waals surface area contributed by atoms with Crippen LogP contribution in [-0.4, -0.2) is 13.2 Å². The number of ether oxygens (including phenoxy) is 1. The van der Waals surface area contributed by atoms with Gasteiger partial charge in [-0.3, -0.25) is 11.3 Å². The Kier molecular flexibility index (Phi) is 5.73. The van der Waals surface area contributed by atoms with E-state index < -0.39 is 0 Å². The molecule has 2 atom stereocenters. The lowest BCUT2D eigenvalue weighted by Gasteiger charge is -2.26. The first kappa shape index (κ1) is 15.2. The number of nitrogens with one attached hydrogen (secondary N) is 1. The van der Waals surface area contributed by atoms with Crippen LogP contribution in [0.15, 0.2) is 59.1 Å². The van der Waals surface area contributed by atoms with Crippen LogP contribution in [0.25, 0.3) is 0 Å². The van der Waals surface area contributed by atoms with Crippen molar-refractivity contribution in [2.45, 2.75) is 18.6 Å². The van der Waals surface area contributed by atoms with Crippen molar-refractivity contribution in [3.63, 3.8) is 0 Å². The van der Waals surface area contributed by atoms with Crippen molar-refractivity contribution in [3.8, 4) is 0 Å². The normalized spacial score (nSPS) is 13.9. The van der Waals surface area contributed by atoms with E-state index >= 15 is 0 Å². The lowest BCUT2D eigenvalue weighted by molar-refractivity contribution is 0.0679. The largest absolute Gasteiger partial charge is 0.375 e. The quantitative estimate of drug-likeness (QED) is 0.629. The smallest absolute Gasteiger partial charge is 0.0990 e. The maximum Gasteiger partial charge on any atom is 0.0990 e. The van der Waals surface area contributed by atoms with Gasteiger partial charge in [0.25, 0.3) is 0 Å². The zero-order valence-corrected chi connectivity index (χ0v) is 13.0. The molecule has 2 rings (SSSR count). The van der Waals surface area contributed by atoms with E-state index in [1.54, 1.807) is 7.11 Å². The lowest BCUT2D eigenvalue weighted by Crippen LogP contribution is -2.42. The van der Waals surface area contributed by atoms with Crippen LogP contribution in [0.2, 0.25) is 0 Å². The Hall–Kier alpha value is -1.20. The second-order valence-electron chi connectivity index (χ2n) is 4.67. The molecule has 106 valence electrons. The molecule has 2 unspecified atom stereocenters. The van der Waals surface area contributed by atoms with Crippen molar-refractivity contribution in [2.24, 2.45) is 5.84 Å². The number of rotatable bonds is 6. The van der Waals surface area contributed by atoms with E-state index in [9.17, 15) is 0 Å². The Morgan fingerprint density at radius 3 is 2.50 bits per heavy atom. The molecule has 2 aromatic carbocycles. The van der Waals surface area contributed by atoms with E-state index in [2.05, 4.69) is 45.6 Å². The number of benzene rings is 2. The highest BCUT2D eigenvalue weighted by Gasteiger charge is 2.22. The van der Waals surface area contributed by atoms with Crippen LogP contribution in [0.3, 0.4) is 0 Å². The van der Waals surface area contributed by atoms with Crippen LogP contribution >= 0.6 is 15.9 Å². The van der Waals surface area contributed by atoms with Crippen LogP contribution in [0.5, 0.6) is 0 Å². The van der Waals surface area contributed by atoms with Gasteiger partial charge in [-0.25, -0.2) is 0 Å². The molecule has 0 aliphatic rings. The highest BCUT2D eigenvalue weighted by Crippen LogP contribution is 2.23. The van der Waals surface area contributed by atoms with E-state index in [4.69, 9.17) is 10.6 Å². The van der Waals surface area contributed by atoms with Gasteiger partial charge in [-0.1, -0.05) is 58.4 Å². The van der Waals surface area contributed by atoms with Gasteiger partial charge >= 0.3 is 0 Å². The van der Waals surface area contributed by atoms with E-state index in [1.165, 1.54) is 5.56 Å². The van der Waals surface area contributed by atoms with Crippen LogP contribution in [-0.2, 0) is 11.2 Å². The summed E-state index contributed by atoms with van der Waals surface area (Å²) in [5.41, 5.74) is 5.21. The van der Waals surface area contributed by atoms with Crippen molar-refractivity contribution in [2.75, 3.05) is 7.11 Å². The molecule has 0 amide bonds. The fourth-order valence-electron chi connectivity index (χ4n) is 2.35. The van der Waals surface area contributed by atoms with Crippen molar-refractivity contribution in [3.05, 3.63) is 70.2 Å². The second kappa shape index (κ2) is 7.55. The second-order valence-corrected chi connectivity index (χ2v) is 5.59. The first-order valence-electron chi connectivity index (χ1n) is 6.53. The summed E-state index contributed by atoms with van der Waals surface area (Å²) in [4.78, 5) is 0. The number of hydrogen-bond donors (Lipinski definition) is 2. The molecule has 3 nitrogen and oxygen atoms in total. The van der Waals surface area contributed by atoms with Gasteiger partial charge in [0.05, 0.1) is 12.1 Å². The fourth-order valence-corrected chi connectivity index (χ4v) is 2.79. The van der Waals surface area contributed by atoms with Gasteiger partial charge in [-0.05, 0) is 29.7 Å². The third-order valence-electron chi connectivity index (χ3n) is 3.31. The number of hydrogen-bond acceptors (Lipinski definition) is 3. The Morgan fingerprint density at radius 2 is 1.90 bits per heavy atom. The average molecular weight is 335 g/mol. The summed E-state index contributed by atoms with van der Waals surface area (Å²) in [6.07, 6.45) is 0.712. The van der Waals surface area contributed by atoms with Crippen LogP contribution in [0.1, 0.15) is 17.2 Å². The number of hydrazine groups is 1. The maximum atomic E-state index is 5.73. The summed E-state index contributed by atoms with van der Waals surface area (Å²) in [6.45, 7) is 0. The van der Waals surface area contributed by atoms with Gasteiger partial charge in [0.15, 0.2) is 0 Å². The minimum absolute atomic E-state index is 0.0108. The first-order valence-corrected chi connectivity index (χ1v) is 7.32. The number of methoxy groups -OCH3 is 1. The third-order valence-corrected chi connectivity index (χ3v) is 3.80. The molecule has 0 spiro atoms. The van der Waals surface area contributed by atoms with Gasteiger partial charge in [0, 0.05) is 11.6 Å². The zero-order valence-electron chi connectivity index (χ0n) is 11.4. The molecule has 0 fully saturated rings. The number of halogens is 1. The molecule has 2 aromatic rings. The molecule has 0 bridgehead atoms. The fraction of sp³-hybridized carbons (Fsp3) is 0.250. The van der Waals surface area contributed by atoms with E-state index in [1.807, 2.05) is 30.3 Å². The maximum absolute atomic E-state index is 5.73. The van der Waals surface area contributed by atoms with Crippen molar-refractivity contribution in [1.82, 2.24) is 5.43 Å². The third kappa shape index (κ3) is 3.90. The standard InChI is InChI=1S/C16H19BrN2O/c1-20-16(13-7-3-2-4-8-13)15(19-18)11-12-6-5-9-14(17)10-12/h2-10,15-16,19H,11,18H2,1H3. The molecule has 3 N–H and O–H groups in total. The van der Waals surface area contributed by atoms with E-state index in [-0.39, 0.29) is 12.1 Å². The van der Waals surface area contributed by atoms with Crippen molar-refractivity contribution >= 4 is 15.9 Å². The molecular formula is C16H19BrN2O. The first-order chi connectivity index (χ1) is 9.74. The molecular weight excluding hydrogens is 316 g/mol. The van der Waals surface area contributed by atoms with Crippen LogP contribution in [0.4, 0.5) is 0 Å². The van der Waals surface area contributed by atoms with E-state index in [0.29, 0.717) is 0 Å². The van der Waals surface area contributed by atoms with Gasteiger partial charge in [-0.15, -0.1) is 0 Å². The van der Waals surface area contributed by atoms with Crippen LogP contribution < -0.4 is 11.3 Å². The molecule has 0 aromatic heterocycles. The molecule has 0 heterocycles. The minimum Gasteiger partial charge on any atom is -0.375 e. The Morgan fingerprint density at radius 1 is 1.15 bits per heavy atom. The van der Waals surface area contributed by atoms with Crippen molar-refractivity contribution in [1.29, 1.82) is 0 Å². The lowest BCUT2D eigenvalue weighted by atomic mass is 9.96. The van der Waals surface area contributed by atoms with Gasteiger partial charge in [0.1, 0.15) is 0 Å². The monoisotopic (exact) mass is 334 g/mol. The average Bonchev–Trinajstić information content (AvgIpc) is 2.48. The molecule has 4 heteroatoms. The Balaban J connectivity index is 2.18. The highest BCUT2D eigenvalue weighted by molar-refractivity contribution is 9.10. The predicted octanol–water partition coefficient (Wildman–Crippen LogP) is 3.21. The van der Waals surface area contributed by atoms with E-state index in [0.717, 1.165) is 16.5 Å². The summed E-state index contributed by atoms with van der Waals surface area (Å²) >= 11 is 3.49.